The second-order valence-corrected chi connectivity index (χ2v) is 7.96. The Morgan fingerprint density at radius 3 is 2.29 bits per heavy atom. The molecule has 2 atom stereocenters. The first-order valence-corrected chi connectivity index (χ1v) is 10.8. The van der Waals surface area contributed by atoms with Crippen molar-refractivity contribution in [1.29, 1.82) is 0 Å². The predicted molar refractivity (Wildman–Crippen MR) is 118 cm³/mol. The lowest BCUT2D eigenvalue weighted by Gasteiger charge is -2.40. The molecular weight excluding hydrogens is 469 g/mol. The van der Waals surface area contributed by atoms with Crippen molar-refractivity contribution in [3.8, 4) is 11.5 Å². The molecule has 2 amide bonds. The highest BCUT2D eigenvalue weighted by Gasteiger charge is 2.35. The number of amides is 2. The first-order valence-electron chi connectivity index (χ1n) is 10.8. The Morgan fingerprint density at radius 1 is 1.00 bits per heavy atom. The zero-order chi connectivity index (χ0) is 25.8. The van der Waals surface area contributed by atoms with E-state index in [2.05, 4.69) is 9.47 Å². The van der Waals surface area contributed by atoms with Gasteiger partial charge in [-0.1, -0.05) is 18.2 Å². The number of carbonyl (C=O) groups excluding carboxylic acids is 3. The van der Waals surface area contributed by atoms with Crippen molar-refractivity contribution in [3.63, 3.8) is 0 Å². The maximum atomic E-state index is 13.0. The molecule has 3 rings (SSSR count). The van der Waals surface area contributed by atoms with Crippen molar-refractivity contribution < 1.29 is 41.8 Å². The van der Waals surface area contributed by atoms with Crippen LogP contribution in [0.1, 0.15) is 34.6 Å². The van der Waals surface area contributed by atoms with E-state index in [-0.39, 0.29) is 29.8 Å². The number of ether oxygens (including phenoxy) is 3. The molecule has 0 N–H and O–H groups in total. The summed E-state index contributed by atoms with van der Waals surface area (Å²) in [6.07, 6.45) is -6.20. The SMILES string of the molecule is COC(=O)c1ccc(O[C@@H](C)C(=O)N2CCN(C(=O)c3ccccc3)C[C@H]2C)c(OC(F)(F)F)c1. The van der Waals surface area contributed by atoms with E-state index in [4.69, 9.17) is 4.74 Å². The lowest BCUT2D eigenvalue weighted by Crippen LogP contribution is -2.57. The highest BCUT2D eigenvalue weighted by molar-refractivity contribution is 5.94. The summed E-state index contributed by atoms with van der Waals surface area (Å²) in [5, 5.41) is 0. The summed E-state index contributed by atoms with van der Waals surface area (Å²) >= 11 is 0. The van der Waals surface area contributed by atoms with Crippen LogP contribution in [0.2, 0.25) is 0 Å². The summed E-state index contributed by atoms with van der Waals surface area (Å²) in [7, 11) is 1.09. The van der Waals surface area contributed by atoms with Crippen molar-refractivity contribution >= 4 is 17.8 Å². The van der Waals surface area contributed by atoms with Gasteiger partial charge in [0.2, 0.25) is 0 Å². The zero-order valence-electron chi connectivity index (χ0n) is 19.4. The Bertz CT molecular complexity index is 1080. The molecule has 11 heteroatoms. The van der Waals surface area contributed by atoms with Gasteiger partial charge in [-0.25, -0.2) is 4.79 Å². The van der Waals surface area contributed by atoms with Crippen LogP contribution in [0, 0.1) is 0 Å². The van der Waals surface area contributed by atoms with Crippen LogP contribution in [-0.4, -0.2) is 72.8 Å². The minimum absolute atomic E-state index is 0.145. The molecule has 2 aromatic rings. The fraction of sp³-hybridized carbons (Fsp3) is 0.375. The molecular formula is C24H25F3N2O6. The summed E-state index contributed by atoms with van der Waals surface area (Å²) in [6.45, 7) is 4.01. The van der Waals surface area contributed by atoms with Gasteiger partial charge in [-0.05, 0) is 44.2 Å². The molecule has 0 aliphatic carbocycles. The molecule has 188 valence electrons. The number of halogens is 3. The number of nitrogens with zero attached hydrogens (tertiary/aromatic N) is 2. The normalized spacial score (nSPS) is 16.9. The Hall–Kier alpha value is -3.76. The van der Waals surface area contributed by atoms with Crippen molar-refractivity contribution in [2.24, 2.45) is 0 Å². The van der Waals surface area contributed by atoms with Crippen LogP contribution in [0.3, 0.4) is 0 Å². The van der Waals surface area contributed by atoms with Crippen molar-refractivity contribution in [2.45, 2.75) is 32.4 Å². The Kier molecular flexibility index (Phi) is 7.88. The van der Waals surface area contributed by atoms with Crippen LogP contribution in [0.4, 0.5) is 13.2 Å². The topological polar surface area (TPSA) is 85.4 Å². The molecule has 1 saturated heterocycles. The number of hydrogen-bond donors (Lipinski definition) is 0. The highest BCUT2D eigenvalue weighted by Crippen LogP contribution is 2.34. The van der Waals surface area contributed by atoms with E-state index in [0.29, 0.717) is 18.7 Å². The van der Waals surface area contributed by atoms with Gasteiger partial charge in [0.1, 0.15) is 0 Å². The van der Waals surface area contributed by atoms with Crippen LogP contribution >= 0.6 is 0 Å². The van der Waals surface area contributed by atoms with Crippen LogP contribution < -0.4 is 9.47 Å². The molecule has 1 aliphatic rings. The summed E-state index contributed by atoms with van der Waals surface area (Å²) in [6, 6.07) is 11.6. The Morgan fingerprint density at radius 2 is 1.69 bits per heavy atom. The largest absolute Gasteiger partial charge is 0.573 e. The number of alkyl halides is 3. The van der Waals surface area contributed by atoms with Gasteiger partial charge in [0, 0.05) is 31.2 Å². The van der Waals surface area contributed by atoms with E-state index in [0.717, 1.165) is 19.2 Å². The van der Waals surface area contributed by atoms with Gasteiger partial charge in [-0.2, -0.15) is 0 Å². The van der Waals surface area contributed by atoms with Crippen LogP contribution in [0.5, 0.6) is 11.5 Å². The molecule has 0 saturated carbocycles. The molecule has 35 heavy (non-hydrogen) atoms. The molecule has 0 radical (unpaired) electrons. The van der Waals surface area contributed by atoms with E-state index in [1.54, 1.807) is 36.1 Å². The quantitative estimate of drug-likeness (QED) is 0.572. The lowest BCUT2D eigenvalue weighted by molar-refractivity contribution is -0.275. The molecule has 2 aromatic carbocycles. The average molecular weight is 494 g/mol. The first kappa shape index (κ1) is 25.9. The zero-order valence-corrected chi connectivity index (χ0v) is 19.4. The maximum Gasteiger partial charge on any atom is 0.573 e. The molecule has 1 fully saturated rings. The first-order chi connectivity index (χ1) is 16.5. The smallest absolute Gasteiger partial charge is 0.477 e. The third-order valence-electron chi connectivity index (χ3n) is 5.46. The van der Waals surface area contributed by atoms with E-state index in [1.165, 1.54) is 17.9 Å². The number of hydrogen-bond acceptors (Lipinski definition) is 6. The van der Waals surface area contributed by atoms with Crippen molar-refractivity contribution in [3.05, 3.63) is 59.7 Å². The number of esters is 1. The van der Waals surface area contributed by atoms with Crippen molar-refractivity contribution in [1.82, 2.24) is 9.80 Å². The maximum absolute atomic E-state index is 13.0. The van der Waals surface area contributed by atoms with E-state index < -0.39 is 30.1 Å². The summed E-state index contributed by atoms with van der Waals surface area (Å²) in [5.41, 5.74) is 0.370. The minimum atomic E-state index is -5.05. The average Bonchev–Trinajstić information content (AvgIpc) is 2.83. The standard InChI is InChI=1S/C24H25F3N2O6/c1-15-14-28(22(31)17-7-5-4-6-8-17)11-12-29(15)21(30)16(2)34-19-10-9-18(23(32)33-3)13-20(19)35-24(25,26)27/h4-10,13,15-16H,11-12,14H2,1-3H3/t15-,16+/m1/s1. The number of benzene rings is 2. The third-order valence-corrected chi connectivity index (χ3v) is 5.46. The fourth-order valence-corrected chi connectivity index (χ4v) is 3.76. The lowest BCUT2D eigenvalue weighted by atomic mass is 10.1. The third kappa shape index (κ3) is 6.43. The molecule has 0 unspecified atom stereocenters. The Labute approximate surface area is 200 Å². The van der Waals surface area contributed by atoms with Gasteiger partial charge in [-0.15, -0.1) is 13.2 Å². The minimum Gasteiger partial charge on any atom is -0.477 e. The van der Waals surface area contributed by atoms with E-state index in [9.17, 15) is 27.6 Å². The Balaban J connectivity index is 1.70. The number of piperazine rings is 1. The monoisotopic (exact) mass is 494 g/mol. The van der Waals surface area contributed by atoms with Gasteiger partial charge in [-0.3, -0.25) is 9.59 Å². The number of rotatable bonds is 6. The van der Waals surface area contributed by atoms with Gasteiger partial charge in [0.05, 0.1) is 12.7 Å². The van der Waals surface area contributed by atoms with Gasteiger partial charge in [0.25, 0.3) is 11.8 Å². The predicted octanol–water partition coefficient (Wildman–Crippen LogP) is 3.51. The summed E-state index contributed by atoms with van der Waals surface area (Å²) in [4.78, 5) is 40.6. The van der Waals surface area contributed by atoms with Gasteiger partial charge < -0.3 is 24.0 Å². The van der Waals surface area contributed by atoms with Gasteiger partial charge in [0.15, 0.2) is 17.6 Å². The van der Waals surface area contributed by atoms with Crippen molar-refractivity contribution in [2.75, 3.05) is 26.7 Å². The summed E-state index contributed by atoms with van der Waals surface area (Å²) in [5.74, 6) is -2.59. The van der Waals surface area contributed by atoms with Gasteiger partial charge >= 0.3 is 12.3 Å². The molecule has 0 aromatic heterocycles. The molecule has 1 aliphatic heterocycles. The van der Waals surface area contributed by atoms with E-state index in [1.807, 2.05) is 6.07 Å². The van der Waals surface area contributed by atoms with Crippen LogP contribution in [0.25, 0.3) is 0 Å². The fourth-order valence-electron chi connectivity index (χ4n) is 3.76. The number of carbonyl (C=O) groups is 3. The second-order valence-electron chi connectivity index (χ2n) is 7.96. The second kappa shape index (κ2) is 10.7. The highest BCUT2D eigenvalue weighted by atomic mass is 19.4. The molecule has 1 heterocycles. The number of methoxy groups -OCH3 is 1. The van der Waals surface area contributed by atoms with Crippen LogP contribution in [-0.2, 0) is 9.53 Å². The van der Waals surface area contributed by atoms with E-state index >= 15 is 0 Å². The summed E-state index contributed by atoms with van der Waals surface area (Å²) < 4.78 is 52.7. The molecule has 0 bridgehead atoms. The van der Waals surface area contributed by atoms with Crippen LogP contribution in [0.15, 0.2) is 48.5 Å². The molecule has 8 nitrogen and oxygen atoms in total. The molecule has 0 spiro atoms.